The predicted octanol–water partition coefficient (Wildman–Crippen LogP) is 0.128. The summed E-state index contributed by atoms with van der Waals surface area (Å²) in [6, 6.07) is -0.801. The molecule has 0 fully saturated rings. The van der Waals surface area contributed by atoms with Crippen LogP contribution in [-0.2, 0) is 19.1 Å². The summed E-state index contributed by atoms with van der Waals surface area (Å²) < 4.78 is 9.29. The van der Waals surface area contributed by atoms with Crippen LogP contribution < -0.4 is 0 Å². The van der Waals surface area contributed by atoms with E-state index in [1.165, 1.54) is 6.92 Å². The number of urea groups is 1. The summed E-state index contributed by atoms with van der Waals surface area (Å²) in [5.41, 5.74) is -0.188. The standard InChI is InChI=1S/C9H10N2O5/c1-3-15-8(13)7-6(4-16-5(2)12)10-9(14)11-7/h3-4H2,1-2H3. The normalized spacial score (nSPS) is 14.2. The number of esters is 2. The van der Waals surface area contributed by atoms with Crippen molar-refractivity contribution in [3.8, 4) is 0 Å². The monoisotopic (exact) mass is 226 g/mol. The number of ether oxygens (including phenoxy) is 2. The highest BCUT2D eigenvalue weighted by atomic mass is 16.5. The molecule has 0 atom stereocenters. The second-order valence-corrected chi connectivity index (χ2v) is 2.80. The minimum atomic E-state index is -0.801. The van der Waals surface area contributed by atoms with E-state index in [1.807, 2.05) is 0 Å². The molecule has 16 heavy (non-hydrogen) atoms. The molecular weight excluding hydrogens is 216 g/mol. The summed E-state index contributed by atoms with van der Waals surface area (Å²) in [5, 5.41) is 0. The average Bonchev–Trinajstić information content (AvgIpc) is 2.57. The highest BCUT2D eigenvalue weighted by Gasteiger charge is 2.27. The van der Waals surface area contributed by atoms with Crippen molar-refractivity contribution in [3.63, 3.8) is 0 Å². The second kappa shape index (κ2) is 5.15. The molecule has 7 nitrogen and oxygen atoms in total. The Morgan fingerprint density at radius 2 is 1.94 bits per heavy atom. The third-order valence-electron chi connectivity index (χ3n) is 1.59. The summed E-state index contributed by atoms with van der Waals surface area (Å²) in [7, 11) is 0. The highest BCUT2D eigenvalue weighted by molar-refractivity contribution is 6.69. The minimum Gasteiger partial charge on any atom is -0.461 e. The number of carbonyl (C=O) groups is 3. The molecule has 1 aliphatic rings. The molecule has 0 spiro atoms. The number of rotatable bonds is 4. The Morgan fingerprint density at radius 1 is 1.25 bits per heavy atom. The molecular formula is C9H10N2O5. The van der Waals surface area contributed by atoms with Gasteiger partial charge in [0.15, 0.2) is 5.71 Å². The lowest BCUT2D eigenvalue weighted by atomic mass is 10.2. The number of amides is 2. The van der Waals surface area contributed by atoms with Crippen molar-refractivity contribution in [2.45, 2.75) is 13.8 Å². The quantitative estimate of drug-likeness (QED) is 0.635. The molecule has 2 amide bonds. The van der Waals surface area contributed by atoms with E-state index in [1.54, 1.807) is 6.92 Å². The van der Waals surface area contributed by atoms with Gasteiger partial charge in [-0.05, 0) is 6.92 Å². The van der Waals surface area contributed by atoms with Gasteiger partial charge in [0.2, 0.25) is 0 Å². The Morgan fingerprint density at radius 3 is 2.50 bits per heavy atom. The van der Waals surface area contributed by atoms with Crippen LogP contribution in [0.1, 0.15) is 13.8 Å². The van der Waals surface area contributed by atoms with Gasteiger partial charge in [0, 0.05) is 6.92 Å². The molecule has 0 aromatic rings. The summed E-state index contributed by atoms with van der Waals surface area (Å²) in [5.74, 6) is -1.29. The predicted molar refractivity (Wildman–Crippen MR) is 53.5 cm³/mol. The van der Waals surface area contributed by atoms with E-state index >= 15 is 0 Å². The van der Waals surface area contributed by atoms with E-state index < -0.39 is 18.0 Å². The van der Waals surface area contributed by atoms with Crippen LogP contribution >= 0.6 is 0 Å². The van der Waals surface area contributed by atoms with E-state index in [0.29, 0.717) is 0 Å². The molecule has 0 unspecified atom stereocenters. The summed E-state index contributed by atoms with van der Waals surface area (Å²) in [4.78, 5) is 39.6. The highest BCUT2D eigenvalue weighted by Crippen LogP contribution is 2.03. The van der Waals surface area contributed by atoms with Crippen LogP contribution in [0.15, 0.2) is 9.98 Å². The minimum absolute atomic E-state index is 0.0126. The maximum atomic E-state index is 11.3. The SMILES string of the molecule is CCOC(=O)C1=NC(=O)N=C1COC(C)=O. The van der Waals surface area contributed by atoms with Crippen LogP contribution in [-0.4, -0.2) is 42.6 Å². The first-order valence-electron chi connectivity index (χ1n) is 4.55. The van der Waals surface area contributed by atoms with Gasteiger partial charge < -0.3 is 9.47 Å². The Hall–Kier alpha value is -2.05. The topological polar surface area (TPSA) is 94.4 Å². The maximum absolute atomic E-state index is 11.3. The van der Waals surface area contributed by atoms with Gasteiger partial charge in [-0.2, -0.15) is 9.98 Å². The third kappa shape index (κ3) is 2.97. The van der Waals surface area contributed by atoms with Crippen LogP contribution in [0, 0.1) is 0 Å². The smallest absolute Gasteiger partial charge is 0.368 e. The van der Waals surface area contributed by atoms with E-state index in [0.717, 1.165) is 0 Å². The maximum Gasteiger partial charge on any atom is 0.368 e. The molecule has 0 bridgehead atoms. The van der Waals surface area contributed by atoms with Crippen LogP contribution in [0.5, 0.6) is 0 Å². The molecule has 1 rings (SSSR count). The van der Waals surface area contributed by atoms with Gasteiger partial charge in [-0.3, -0.25) is 4.79 Å². The first-order chi connectivity index (χ1) is 7.54. The van der Waals surface area contributed by atoms with E-state index in [9.17, 15) is 14.4 Å². The molecule has 0 aromatic heterocycles. The Kier molecular flexibility index (Phi) is 3.87. The lowest BCUT2D eigenvalue weighted by Gasteiger charge is -2.04. The molecule has 1 heterocycles. The molecule has 86 valence electrons. The van der Waals surface area contributed by atoms with Gasteiger partial charge >= 0.3 is 18.0 Å². The van der Waals surface area contributed by atoms with Gasteiger partial charge in [0.1, 0.15) is 12.3 Å². The lowest BCUT2D eigenvalue weighted by molar-refractivity contribution is -0.139. The van der Waals surface area contributed by atoms with Gasteiger partial charge in [0.25, 0.3) is 0 Å². The number of hydrogen-bond donors (Lipinski definition) is 0. The van der Waals surface area contributed by atoms with Crippen LogP contribution in [0.3, 0.4) is 0 Å². The largest absolute Gasteiger partial charge is 0.461 e. The molecule has 0 saturated heterocycles. The fourth-order valence-corrected chi connectivity index (χ4v) is 0.987. The van der Waals surface area contributed by atoms with Crippen LogP contribution in [0.2, 0.25) is 0 Å². The lowest BCUT2D eigenvalue weighted by Crippen LogP contribution is -2.28. The summed E-state index contributed by atoms with van der Waals surface area (Å²) >= 11 is 0. The van der Waals surface area contributed by atoms with Crippen molar-refractivity contribution in [1.82, 2.24) is 0 Å². The first-order valence-corrected chi connectivity index (χ1v) is 4.55. The second-order valence-electron chi connectivity index (χ2n) is 2.80. The van der Waals surface area contributed by atoms with Crippen LogP contribution in [0.25, 0.3) is 0 Å². The zero-order chi connectivity index (χ0) is 12.1. The summed E-state index contributed by atoms with van der Waals surface area (Å²) in [6.07, 6.45) is 0. The van der Waals surface area contributed by atoms with Crippen molar-refractivity contribution in [2.24, 2.45) is 9.98 Å². The zero-order valence-electron chi connectivity index (χ0n) is 8.85. The zero-order valence-corrected chi connectivity index (χ0v) is 8.85. The Balaban J connectivity index is 2.72. The van der Waals surface area contributed by atoms with Gasteiger partial charge in [-0.15, -0.1) is 0 Å². The Bertz CT molecular complexity index is 397. The number of nitrogens with zero attached hydrogens (tertiary/aromatic N) is 2. The molecule has 0 radical (unpaired) electrons. The van der Waals surface area contributed by atoms with Crippen molar-refractivity contribution in [1.29, 1.82) is 0 Å². The van der Waals surface area contributed by atoms with Crippen molar-refractivity contribution >= 4 is 29.4 Å². The summed E-state index contributed by atoms with van der Waals surface area (Å²) in [6.45, 7) is 2.72. The fourth-order valence-electron chi connectivity index (χ4n) is 0.987. The van der Waals surface area contributed by atoms with E-state index in [-0.39, 0.29) is 24.6 Å². The van der Waals surface area contributed by atoms with Crippen molar-refractivity contribution in [3.05, 3.63) is 0 Å². The Labute approximate surface area is 91.2 Å². The van der Waals surface area contributed by atoms with E-state index in [2.05, 4.69) is 19.5 Å². The average molecular weight is 226 g/mol. The van der Waals surface area contributed by atoms with Gasteiger partial charge in [0.05, 0.1) is 6.61 Å². The first kappa shape index (κ1) is 12.0. The number of carbonyl (C=O) groups excluding carboxylic acids is 3. The van der Waals surface area contributed by atoms with Crippen molar-refractivity contribution in [2.75, 3.05) is 13.2 Å². The molecule has 7 heteroatoms. The fraction of sp³-hybridized carbons (Fsp3) is 0.444. The van der Waals surface area contributed by atoms with Gasteiger partial charge in [-0.1, -0.05) is 0 Å². The number of aliphatic imine (C=N–C) groups is 2. The molecule has 1 aliphatic heterocycles. The molecule has 0 aromatic carbocycles. The van der Waals surface area contributed by atoms with Gasteiger partial charge in [-0.25, -0.2) is 9.59 Å². The molecule has 0 saturated carbocycles. The van der Waals surface area contributed by atoms with Crippen molar-refractivity contribution < 1.29 is 23.9 Å². The third-order valence-corrected chi connectivity index (χ3v) is 1.59. The number of hydrogen-bond acceptors (Lipinski definition) is 5. The van der Waals surface area contributed by atoms with Crippen LogP contribution in [0.4, 0.5) is 4.79 Å². The van der Waals surface area contributed by atoms with E-state index in [4.69, 9.17) is 0 Å². The molecule has 0 aliphatic carbocycles. The molecule has 0 N–H and O–H groups in total.